The van der Waals surface area contributed by atoms with Gasteiger partial charge in [0.15, 0.2) is 0 Å². The van der Waals surface area contributed by atoms with E-state index in [1.54, 1.807) is 20.1 Å². The highest BCUT2D eigenvalue weighted by atomic mass is 16.5. The SMILES string of the molecule is CCOC(=O)c1cc(N(CC)C(C)COC)ncc1N. The summed E-state index contributed by atoms with van der Waals surface area (Å²) in [5.74, 6) is 0.262. The number of esters is 1. The number of nitrogens with two attached hydrogens (primary N) is 1. The first-order valence-electron chi connectivity index (χ1n) is 6.73. The topological polar surface area (TPSA) is 77.7 Å². The molecule has 0 aliphatic rings. The van der Waals surface area contributed by atoms with Gasteiger partial charge < -0.3 is 20.1 Å². The molecule has 1 atom stereocenters. The van der Waals surface area contributed by atoms with Crippen molar-refractivity contribution in [3.05, 3.63) is 17.8 Å². The van der Waals surface area contributed by atoms with Gasteiger partial charge in [-0.2, -0.15) is 0 Å². The van der Waals surface area contributed by atoms with Crippen molar-refractivity contribution >= 4 is 17.5 Å². The van der Waals surface area contributed by atoms with E-state index in [4.69, 9.17) is 15.2 Å². The summed E-state index contributed by atoms with van der Waals surface area (Å²) in [4.78, 5) is 18.2. The summed E-state index contributed by atoms with van der Waals surface area (Å²) in [7, 11) is 1.66. The number of carbonyl (C=O) groups excluding carboxylic acids is 1. The molecule has 0 saturated heterocycles. The Hall–Kier alpha value is -1.82. The number of hydrogen-bond acceptors (Lipinski definition) is 6. The summed E-state index contributed by atoms with van der Waals surface area (Å²) < 4.78 is 10.2. The summed E-state index contributed by atoms with van der Waals surface area (Å²) in [6, 6.07) is 1.82. The Morgan fingerprint density at radius 1 is 1.50 bits per heavy atom. The van der Waals surface area contributed by atoms with Crippen molar-refractivity contribution in [2.24, 2.45) is 0 Å². The number of anilines is 2. The molecule has 6 heteroatoms. The van der Waals surface area contributed by atoms with Crippen LogP contribution in [0.25, 0.3) is 0 Å². The van der Waals surface area contributed by atoms with Crippen molar-refractivity contribution in [2.75, 3.05) is 37.5 Å². The minimum atomic E-state index is -0.427. The number of rotatable bonds is 7. The minimum absolute atomic E-state index is 0.149. The van der Waals surface area contributed by atoms with Crippen LogP contribution in [0.3, 0.4) is 0 Å². The van der Waals surface area contributed by atoms with Crippen LogP contribution in [0.4, 0.5) is 11.5 Å². The van der Waals surface area contributed by atoms with E-state index in [0.717, 1.165) is 6.54 Å². The molecule has 1 unspecified atom stereocenters. The molecule has 0 aromatic carbocycles. The van der Waals surface area contributed by atoms with Crippen LogP contribution in [0.15, 0.2) is 12.3 Å². The molecule has 20 heavy (non-hydrogen) atoms. The van der Waals surface area contributed by atoms with Crippen LogP contribution >= 0.6 is 0 Å². The number of methoxy groups -OCH3 is 1. The molecule has 1 rings (SSSR count). The quantitative estimate of drug-likeness (QED) is 0.766. The monoisotopic (exact) mass is 281 g/mol. The van der Waals surface area contributed by atoms with Crippen LogP contribution in [0.5, 0.6) is 0 Å². The van der Waals surface area contributed by atoms with Gasteiger partial charge in [0.1, 0.15) is 5.82 Å². The zero-order valence-electron chi connectivity index (χ0n) is 12.5. The average Bonchev–Trinajstić information content (AvgIpc) is 2.42. The van der Waals surface area contributed by atoms with E-state index < -0.39 is 5.97 Å². The van der Waals surface area contributed by atoms with E-state index >= 15 is 0 Å². The third-order valence-corrected chi connectivity index (χ3v) is 2.99. The molecule has 0 aliphatic carbocycles. The number of likely N-dealkylation sites (N-methyl/N-ethyl adjacent to an activating group) is 1. The third kappa shape index (κ3) is 3.84. The molecule has 0 amide bonds. The first-order valence-corrected chi connectivity index (χ1v) is 6.73. The van der Waals surface area contributed by atoms with Crippen molar-refractivity contribution < 1.29 is 14.3 Å². The zero-order valence-corrected chi connectivity index (χ0v) is 12.5. The Labute approximate surface area is 119 Å². The smallest absolute Gasteiger partial charge is 0.340 e. The van der Waals surface area contributed by atoms with Crippen LogP contribution in [-0.2, 0) is 9.47 Å². The summed E-state index contributed by atoms with van der Waals surface area (Å²) in [6.07, 6.45) is 1.49. The number of nitrogen functional groups attached to an aromatic ring is 1. The number of nitrogens with zero attached hydrogens (tertiary/aromatic N) is 2. The van der Waals surface area contributed by atoms with Crippen LogP contribution in [0, 0.1) is 0 Å². The van der Waals surface area contributed by atoms with Gasteiger partial charge in [-0.1, -0.05) is 0 Å². The van der Waals surface area contributed by atoms with Crippen LogP contribution in [0.1, 0.15) is 31.1 Å². The number of aromatic nitrogens is 1. The van der Waals surface area contributed by atoms with Gasteiger partial charge >= 0.3 is 5.97 Å². The Morgan fingerprint density at radius 3 is 2.75 bits per heavy atom. The Kier molecular flexibility index (Phi) is 6.24. The molecule has 112 valence electrons. The molecule has 6 nitrogen and oxygen atoms in total. The van der Waals surface area contributed by atoms with Crippen molar-refractivity contribution in [1.82, 2.24) is 4.98 Å². The summed E-state index contributed by atoms with van der Waals surface area (Å²) in [5.41, 5.74) is 6.46. The number of ether oxygens (including phenoxy) is 2. The minimum Gasteiger partial charge on any atom is -0.462 e. The second-order valence-corrected chi connectivity index (χ2v) is 4.44. The lowest BCUT2D eigenvalue weighted by atomic mass is 10.2. The van der Waals surface area contributed by atoms with Gasteiger partial charge in [0, 0.05) is 13.7 Å². The van der Waals surface area contributed by atoms with E-state index in [-0.39, 0.29) is 6.04 Å². The molecule has 0 radical (unpaired) electrons. The number of carbonyl (C=O) groups is 1. The van der Waals surface area contributed by atoms with E-state index in [1.165, 1.54) is 6.20 Å². The summed E-state index contributed by atoms with van der Waals surface area (Å²) >= 11 is 0. The lowest BCUT2D eigenvalue weighted by molar-refractivity contribution is 0.0527. The fourth-order valence-electron chi connectivity index (χ4n) is 2.03. The first kappa shape index (κ1) is 16.2. The molecular formula is C14H23N3O3. The molecule has 0 fully saturated rings. The molecule has 0 spiro atoms. The molecule has 1 aromatic rings. The number of hydrogen-bond donors (Lipinski definition) is 1. The van der Waals surface area contributed by atoms with E-state index in [9.17, 15) is 4.79 Å². The fraction of sp³-hybridized carbons (Fsp3) is 0.571. The highest BCUT2D eigenvalue weighted by Crippen LogP contribution is 2.20. The van der Waals surface area contributed by atoms with Crippen molar-refractivity contribution in [2.45, 2.75) is 26.8 Å². The maximum Gasteiger partial charge on any atom is 0.340 e. The van der Waals surface area contributed by atoms with Crippen molar-refractivity contribution in [3.8, 4) is 0 Å². The van der Waals surface area contributed by atoms with Gasteiger partial charge in [-0.25, -0.2) is 9.78 Å². The maximum atomic E-state index is 11.9. The average molecular weight is 281 g/mol. The zero-order chi connectivity index (χ0) is 15.1. The maximum absolute atomic E-state index is 11.9. The largest absolute Gasteiger partial charge is 0.462 e. The molecule has 0 saturated carbocycles. The van der Waals surface area contributed by atoms with Gasteiger partial charge in [0.2, 0.25) is 0 Å². The van der Waals surface area contributed by atoms with Crippen LogP contribution in [-0.4, -0.2) is 43.9 Å². The molecule has 2 N–H and O–H groups in total. The third-order valence-electron chi connectivity index (χ3n) is 2.99. The van der Waals surface area contributed by atoms with Crippen LogP contribution < -0.4 is 10.6 Å². The second-order valence-electron chi connectivity index (χ2n) is 4.44. The van der Waals surface area contributed by atoms with E-state index in [0.29, 0.717) is 30.3 Å². The Bertz CT molecular complexity index is 451. The molecule has 0 bridgehead atoms. The van der Waals surface area contributed by atoms with Crippen molar-refractivity contribution in [3.63, 3.8) is 0 Å². The molecule has 1 aromatic heterocycles. The normalized spacial score (nSPS) is 12.0. The molecule has 0 aliphatic heterocycles. The molecular weight excluding hydrogens is 258 g/mol. The predicted molar refractivity (Wildman–Crippen MR) is 79.0 cm³/mol. The second kappa shape index (κ2) is 7.69. The van der Waals surface area contributed by atoms with Gasteiger partial charge in [0.25, 0.3) is 0 Å². The first-order chi connectivity index (χ1) is 9.54. The van der Waals surface area contributed by atoms with Gasteiger partial charge in [0.05, 0.1) is 36.7 Å². The van der Waals surface area contributed by atoms with Gasteiger partial charge in [-0.05, 0) is 26.8 Å². The molecule has 1 heterocycles. The predicted octanol–water partition coefficient (Wildman–Crippen LogP) is 1.70. The summed E-state index contributed by atoms with van der Waals surface area (Å²) in [6.45, 7) is 7.46. The fourth-order valence-corrected chi connectivity index (χ4v) is 2.03. The van der Waals surface area contributed by atoms with Gasteiger partial charge in [-0.3, -0.25) is 0 Å². The van der Waals surface area contributed by atoms with E-state index in [2.05, 4.69) is 4.98 Å². The lowest BCUT2D eigenvalue weighted by Crippen LogP contribution is -2.36. The Morgan fingerprint density at radius 2 is 2.20 bits per heavy atom. The lowest BCUT2D eigenvalue weighted by Gasteiger charge is -2.29. The Balaban J connectivity index is 3.06. The highest BCUT2D eigenvalue weighted by Gasteiger charge is 2.18. The summed E-state index contributed by atoms with van der Waals surface area (Å²) in [5, 5.41) is 0. The van der Waals surface area contributed by atoms with Crippen LogP contribution in [0.2, 0.25) is 0 Å². The number of pyridine rings is 1. The van der Waals surface area contributed by atoms with Gasteiger partial charge in [-0.15, -0.1) is 0 Å². The van der Waals surface area contributed by atoms with Crippen molar-refractivity contribution in [1.29, 1.82) is 0 Å². The highest BCUT2D eigenvalue weighted by molar-refractivity contribution is 5.95. The van der Waals surface area contributed by atoms with E-state index in [1.807, 2.05) is 18.7 Å². The standard InChI is InChI=1S/C14H23N3O3/c1-5-17(10(3)9-19-4)13-7-11(12(15)8-16-13)14(18)20-6-2/h7-8,10H,5-6,9,15H2,1-4H3.